The summed E-state index contributed by atoms with van der Waals surface area (Å²) < 4.78 is 13.2. The number of H-pyrrole nitrogens is 1. The molecule has 6 nitrogen and oxygen atoms in total. The second-order valence-electron chi connectivity index (χ2n) is 6.83. The first-order valence-electron chi connectivity index (χ1n) is 8.90. The molecule has 1 aliphatic heterocycles. The SMILES string of the molecule is CC(CNC(=O)N(C)Cc1nc2ccc(F)cc2[nH]1)N1CCCCC1. The maximum atomic E-state index is 13.2. The van der Waals surface area contributed by atoms with Crippen molar-refractivity contribution in [2.24, 2.45) is 0 Å². The number of rotatable bonds is 5. The molecule has 2 heterocycles. The minimum atomic E-state index is -0.305. The lowest BCUT2D eigenvalue weighted by atomic mass is 10.1. The van der Waals surface area contributed by atoms with Gasteiger partial charge in [-0.2, -0.15) is 0 Å². The number of halogens is 1. The molecule has 1 unspecified atom stereocenters. The van der Waals surface area contributed by atoms with Crippen molar-refractivity contribution < 1.29 is 9.18 Å². The molecule has 2 N–H and O–H groups in total. The fourth-order valence-electron chi connectivity index (χ4n) is 3.26. The van der Waals surface area contributed by atoms with E-state index in [9.17, 15) is 9.18 Å². The van der Waals surface area contributed by atoms with Crippen LogP contribution in [0.5, 0.6) is 0 Å². The fraction of sp³-hybridized carbons (Fsp3) is 0.556. The van der Waals surface area contributed by atoms with Crippen LogP contribution in [0.15, 0.2) is 18.2 Å². The van der Waals surface area contributed by atoms with Crippen molar-refractivity contribution in [3.8, 4) is 0 Å². The van der Waals surface area contributed by atoms with Gasteiger partial charge >= 0.3 is 6.03 Å². The average molecular weight is 347 g/mol. The zero-order chi connectivity index (χ0) is 17.8. The fourth-order valence-corrected chi connectivity index (χ4v) is 3.26. The number of nitrogens with one attached hydrogen (secondary N) is 2. The number of aromatic amines is 1. The first kappa shape index (κ1) is 17.7. The average Bonchev–Trinajstić information content (AvgIpc) is 3.01. The topological polar surface area (TPSA) is 64.3 Å². The van der Waals surface area contributed by atoms with Crippen LogP contribution in [0, 0.1) is 5.82 Å². The summed E-state index contributed by atoms with van der Waals surface area (Å²) in [4.78, 5) is 23.8. The Morgan fingerprint density at radius 1 is 1.40 bits per heavy atom. The highest BCUT2D eigenvalue weighted by Gasteiger charge is 2.18. The normalized spacial score (nSPS) is 16.8. The number of likely N-dealkylation sites (tertiary alicyclic amines) is 1. The molecule has 3 rings (SSSR count). The van der Waals surface area contributed by atoms with Crippen LogP contribution in [-0.4, -0.2) is 58.5 Å². The van der Waals surface area contributed by atoms with Crippen molar-refractivity contribution in [2.45, 2.75) is 38.8 Å². The molecule has 2 amide bonds. The van der Waals surface area contributed by atoms with E-state index < -0.39 is 0 Å². The van der Waals surface area contributed by atoms with E-state index in [4.69, 9.17) is 0 Å². The Bertz CT molecular complexity index is 725. The maximum Gasteiger partial charge on any atom is 0.317 e. The molecule has 0 saturated carbocycles. The summed E-state index contributed by atoms with van der Waals surface area (Å²) in [5, 5.41) is 2.99. The quantitative estimate of drug-likeness (QED) is 0.874. The van der Waals surface area contributed by atoms with Gasteiger partial charge < -0.3 is 15.2 Å². The summed E-state index contributed by atoms with van der Waals surface area (Å²) in [6.45, 7) is 5.36. The molecule has 7 heteroatoms. The van der Waals surface area contributed by atoms with E-state index in [2.05, 4.69) is 27.1 Å². The summed E-state index contributed by atoms with van der Waals surface area (Å²) in [7, 11) is 1.73. The number of imidazole rings is 1. The van der Waals surface area contributed by atoms with Gasteiger partial charge in [-0.1, -0.05) is 6.42 Å². The van der Waals surface area contributed by atoms with Crippen LogP contribution in [0.2, 0.25) is 0 Å². The van der Waals surface area contributed by atoms with Gasteiger partial charge in [0, 0.05) is 19.6 Å². The van der Waals surface area contributed by atoms with Gasteiger partial charge in [-0.15, -0.1) is 0 Å². The predicted molar refractivity (Wildman–Crippen MR) is 95.8 cm³/mol. The van der Waals surface area contributed by atoms with E-state index in [0.717, 1.165) is 13.1 Å². The number of carbonyl (C=O) groups is 1. The number of aromatic nitrogens is 2. The van der Waals surface area contributed by atoms with Gasteiger partial charge in [0.2, 0.25) is 0 Å². The third kappa shape index (κ3) is 4.48. The Kier molecular flexibility index (Phi) is 5.53. The standard InChI is InChI=1S/C18H26FN5O/c1-13(24-8-4-3-5-9-24)11-20-18(25)23(2)12-17-21-15-7-6-14(19)10-16(15)22-17/h6-7,10,13H,3-5,8-9,11-12H2,1-2H3,(H,20,25)(H,21,22). The zero-order valence-electron chi connectivity index (χ0n) is 14.9. The van der Waals surface area contributed by atoms with Gasteiger partial charge in [-0.05, 0) is 51.1 Å². The number of piperidine rings is 1. The van der Waals surface area contributed by atoms with Crippen LogP contribution in [0.25, 0.3) is 11.0 Å². The Morgan fingerprint density at radius 2 is 2.16 bits per heavy atom. The molecule has 0 bridgehead atoms. The van der Waals surface area contributed by atoms with E-state index in [1.54, 1.807) is 18.0 Å². The Hall–Kier alpha value is -2.15. The number of urea groups is 1. The second kappa shape index (κ2) is 7.82. The van der Waals surface area contributed by atoms with Gasteiger partial charge in [0.05, 0.1) is 17.6 Å². The smallest absolute Gasteiger partial charge is 0.317 e. The summed E-state index contributed by atoms with van der Waals surface area (Å²) in [6.07, 6.45) is 3.79. The molecule has 1 aromatic heterocycles. The molecule has 0 aliphatic carbocycles. The van der Waals surface area contributed by atoms with Crippen LogP contribution in [0.1, 0.15) is 32.0 Å². The van der Waals surface area contributed by atoms with Crippen LogP contribution in [0.4, 0.5) is 9.18 Å². The van der Waals surface area contributed by atoms with E-state index in [1.807, 2.05) is 0 Å². The van der Waals surface area contributed by atoms with Crippen molar-refractivity contribution in [1.29, 1.82) is 0 Å². The lowest BCUT2D eigenvalue weighted by Crippen LogP contribution is -2.47. The monoisotopic (exact) mass is 347 g/mol. The van der Waals surface area contributed by atoms with E-state index in [-0.39, 0.29) is 11.8 Å². The van der Waals surface area contributed by atoms with Gasteiger partial charge in [-0.3, -0.25) is 4.90 Å². The molecular formula is C18H26FN5O. The molecule has 1 aliphatic rings. The molecular weight excluding hydrogens is 321 g/mol. The highest BCUT2D eigenvalue weighted by atomic mass is 19.1. The Labute approximate surface area is 147 Å². The highest BCUT2D eigenvalue weighted by molar-refractivity contribution is 5.76. The molecule has 1 saturated heterocycles. The third-order valence-corrected chi connectivity index (χ3v) is 4.79. The number of carbonyl (C=O) groups excluding carboxylic acids is 1. The van der Waals surface area contributed by atoms with Crippen LogP contribution < -0.4 is 5.32 Å². The van der Waals surface area contributed by atoms with Crippen molar-refractivity contribution in [1.82, 2.24) is 25.1 Å². The molecule has 0 radical (unpaired) electrons. The summed E-state index contributed by atoms with van der Waals surface area (Å²) in [5.74, 6) is 0.336. The number of nitrogens with zero attached hydrogens (tertiary/aromatic N) is 3. The van der Waals surface area contributed by atoms with E-state index in [1.165, 1.54) is 31.4 Å². The largest absolute Gasteiger partial charge is 0.340 e. The first-order chi connectivity index (χ1) is 12.0. The minimum absolute atomic E-state index is 0.129. The van der Waals surface area contributed by atoms with Crippen molar-refractivity contribution in [2.75, 3.05) is 26.7 Å². The van der Waals surface area contributed by atoms with Crippen LogP contribution in [0.3, 0.4) is 0 Å². The third-order valence-electron chi connectivity index (χ3n) is 4.79. The molecule has 0 spiro atoms. The summed E-state index contributed by atoms with van der Waals surface area (Å²) in [6, 6.07) is 4.63. The summed E-state index contributed by atoms with van der Waals surface area (Å²) in [5.41, 5.74) is 1.34. The van der Waals surface area contributed by atoms with Crippen LogP contribution >= 0.6 is 0 Å². The molecule has 1 fully saturated rings. The zero-order valence-corrected chi connectivity index (χ0v) is 14.9. The lowest BCUT2D eigenvalue weighted by molar-refractivity contribution is 0.165. The highest BCUT2D eigenvalue weighted by Crippen LogP contribution is 2.14. The molecule has 136 valence electrons. The number of amides is 2. The molecule has 1 atom stereocenters. The Morgan fingerprint density at radius 3 is 2.92 bits per heavy atom. The molecule has 2 aromatic rings. The number of benzene rings is 1. The number of fused-ring (bicyclic) bond motifs is 1. The van der Waals surface area contributed by atoms with Gasteiger partial charge in [-0.25, -0.2) is 14.2 Å². The molecule has 1 aromatic carbocycles. The van der Waals surface area contributed by atoms with Crippen molar-refractivity contribution >= 4 is 17.1 Å². The summed E-state index contributed by atoms with van der Waals surface area (Å²) >= 11 is 0. The van der Waals surface area contributed by atoms with Crippen molar-refractivity contribution in [3.05, 3.63) is 29.8 Å². The number of hydrogen-bond donors (Lipinski definition) is 2. The van der Waals surface area contributed by atoms with Crippen LogP contribution in [-0.2, 0) is 6.54 Å². The lowest BCUT2D eigenvalue weighted by Gasteiger charge is -2.32. The van der Waals surface area contributed by atoms with Gasteiger partial charge in [0.1, 0.15) is 11.6 Å². The Balaban J connectivity index is 1.51. The first-order valence-corrected chi connectivity index (χ1v) is 8.90. The maximum absolute atomic E-state index is 13.2. The minimum Gasteiger partial charge on any atom is -0.340 e. The number of hydrogen-bond acceptors (Lipinski definition) is 3. The van der Waals surface area contributed by atoms with E-state index >= 15 is 0 Å². The molecule has 25 heavy (non-hydrogen) atoms. The second-order valence-corrected chi connectivity index (χ2v) is 6.83. The van der Waals surface area contributed by atoms with Gasteiger partial charge in [0.25, 0.3) is 0 Å². The van der Waals surface area contributed by atoms with E-state index in [0.29, 0.717) is 36.0 Å². The predicted octanol–water partition coefficient (Wildman–Crippen LogP) is 2.72. The van der Waals surface area contributed by atoms with Crippen molar-refractivity contribution in [3.63, 3.8) is 0 Å². The van der Waals surface area contributed by atoms with Gasteiger partial charge in [0.15, 0.2) is 0 Å².